The van der Waals surface area contributed by atoms with Crippen LogP contribution in [0.4, 0.5) is 0 Å². The summed E-state index contributed by atoms with van der Waals surface area (Å²) in [5.74, 6) is 1.35. The third-order valence-electron chi connectivity index (χ3n) is 6.58. The number of methoxy groups -OCH3 is 4. The van der Waals surface area contributed by atoms with Crippen molar-refractivity contribution in [3.63, 3.8) is 0 Å². The maximum atomic E-state index is 13.8. The molecule has 36 heavy (non-hydrogen) atoms. The van der Waals surface area contributed by atoms with Crippen molar-refractivity contribution in [1.29, 1.82) is 0 Å². The Morgan fingerprint density at radius 1 is 1.06 bits per heavy atom. The van der Waals surface area contributed by atoms with Crippen molar-refractivity contribution in [2.75, 3.05) is 61.2 Å². The van der Waals surface area contributed by atoms with Gasteiger partial charge < -0.3 is 23.8 Å². The van der Waals surface area contributed by atoms with E-state index in [2.05, 4.69) is 30.0 Å². The number of rotatable bonds is 13. The first-order valence-electron chi connectivity index (χ1n) is 12.5. The van der Waals surface area contributed by atoms with Gasteiger partial charge in [-0.05, 0) is 50.4 Å². The van der Waals surface area contributed by atoms with Crippen LogP contribution in [0.3, 0.4) is 0 Å². The van der Waals surface area contributed by atoms with Crippen LogP contribution in [0.15, 0.2) is 48.0 Å². The van der Waals surface area contributed by atoms with E-state index in [1.54, 1.807) is 40.6 Å². The molecule has 2 aromatic rings. The van der Waals surface area contributed by atoms with Gasteiger partial charge in [-0.1, -0.05) is 42.0 Å². The molecule has 0 saturated carbocycles. The van der Waals surface area contributed by atoms with Crippen molar-refractivity contribution in [1.82, 2.24) is 9.80 Å². The highest BCUT2D eigenvalue weighted by molar-refractivity contribution is 5.96. The number of nitrogens with zero attached hydrogens (tertiary/aromatic N) is 2. The Kier molecular flexibility index (Phi) is 10.6. The highest BCUT2D eigenvalue weighted by Crippen LogP contribution is 2.38. The molecule has 1 aliphatic rings. The van der Waals surface area contributed by atoms with Gasteiger partial charge in [0.05, 0.1) is 27.9 Å². The van der Waals surface area contributed by atoms with Gasteiger partial charge in [-0.25, -0.2) is 0 Å². The summed E-state index contributed by atoms with van der Waals surface area (Å²) in [6.07, 6.45) is 5.38. The number of ether oxygens (including phenoxy) is 4. The molecule has 0 unspecified atom stereocenters. The van der Waals surface area contributed by atoms with Crippen LogP contribution in [0.2, 0.25) is 0 Å². The second-order valence-electron chi connectivity index (χ2n) is 9.18. The summed E-state index contributed by atoms with van der Waals surface area (Å²) >= 11 is 0. The molecule has 7 nitrogen and oxygen atoms in total. The smallest absolute Gasteiger partial charge is 0.254 e. The molecule has 7 heteroatoms. The molecule has 1 heterocycles. The normalized spacial score (nSPS) is 16.1. The zero-order chi connectivity index (χ0) is 25.9. The fourth-order valence-electron chi connectivity index (χ4n) is 4.86. The summed E-state index contributed by atoms with van der Waals surface area (Å²) in [7, 11) is 6.43. The summed E-state index contributed by atoms with van der Waals surface area (Å²) in [5, 5.41) is 0. The Bertz CT molecular complexity index is 983. The molecule has 0 aromatic heterocycles. The highest BCUT2D eigenvalue weighted by atomic mass is 16.5. The lowest BCUT2D eigenvalue weighted by Crippen LogP contribution is -2.38. The van der Waals surface area contributed by atoms with Crippen molar-refractivity contribution in [2.45, 2.75) is 32.2 Å². The lowest BCUT2D eigenvalue weighted by atomic mass is 10.1. The van der Waals surface area contributed by atoms with Crippen LogP contribution in [0, 0.1) is 0 Å². The Morgan fingerprint density at radius 2 is 1.75 bits per heavy atom. The molecule has 1 atom stereocenters. The predicted molar refractivity (Wildman–Crippen MR) is 143 cm³/mol. The van der Waals surface area contributed by atoms with Crippen molar-refractivity contribution in [3.05, 3.63) is 59.2 Å². The van der Waals surface area contributed by atoms with Crippen LogP contribution < -0.4 is 14.2 Å². The standard InChI is InChI=1S/C29H40N2O5/c1-22(17-23-11-7-6-8-12-23)20-31(16-10-15-30-14-9-13-25(30)21-33-2)29(32)24-18-26(34-3)28(36-5)27(19-24)35-4/h6-8,11-12,17-19,25H,9-10,13-16,20-21H2,1-5H3/b22-17+/t25-/m0/s1. The Labute approximate surface area is 215 Å². The van der Waals surface area contributed by atoms with Crippen molar-refractivity contribution >= 4 is 12.0 Å². The van der Waals surface area contributed by atoms with E-state index in [-0.39, 0.29) is 5.91 Å². The van der Waals surface area contributed by atoms with E-state index < -0.39 is 0 Å². The minimum Gasteiger partial charge on any atom is -0.493 e. The Balaban J connectivity index is 1.81. The predicted octanol–water partition coefficient (Wildman–Crippen LogP) is 4.76. The first-order valence-corrected chi connectivity index (χ1v) is 12.5. The Hall–Kier alpha value is -3.03. The molecule has 0 aliphatic carbocycles. The highest BCUT2D eigenvalue weighted by Gasteiger charge is 2.25. The molecule has 1 saturated heterocycles. The van der Waals surface area contributed by atoms with Gasteiger partial charge in [0, 0.05) is 38.3 Å². The van der Waals surface area contributed by atoms with E-state index in [9.17, 15) is 4.79 Å². The third kappa shape index (κ3) is 7.24. The van der Waals surface area contributed by atoms with E-state index in [0.29, 0.717) is 41.9 Å². The molecular formula is C29H40N2O5. The number of benzene rings is 2. The topological polar surface area (TPSA) is 60.5 Å². The first kappa shape index (κ1) is 27.6. The number of amides is 1. The maximum absolute atomic E-state index is 13.8. The summed E-state index contributed by atoms with van der Waals surface area (Å²) in [5.41, 5.74) is 2.74. The van der Waals surface area contributed by atoms with Gasteiger partial charge in [-0.15, -0.1) is 0 Å². The van der Waals surface area contributed by atoms with Crippen LogP contribution in [0.25, 0.3) is 6.08 Å². The van der Waals surface area contributed by atoms with Crippen LogP contribution >= 0.6 is 0 Å². The molecule has 1 amide bonds. The number of carbonyl (C=O) groups is 1. The van der Waals surface area contributed by atoms with Crippen LogP contribution in [-0.2, 0) is 4.74 Å². The molecule has 196 valence electrons. The molecule has 0 N–H and O–H groups in total. The van der Waals surface area contributed by atoms with Crippen molar-refractivity contribution in [3.8, 4) is 17.2 Å². The molecule has 0 spiro atoms. The zero-order valence-electron chi connectivity index (χ0n) is 22.3. The van der Waals surface area contributed by atoms with Crippen LogP contribution in [-0.4, -0.2) is 83.0 Å². The van der Waals surface area contributed by atoms with E-state index in [0.717, 1.165) is 37.3 Å². The summed E-state index contributed by atoms with van der Waals surface area (Å²) in [6, 6.07) is 14.1. The van der Waals surface area contributed by atoms with Gasteiger partial charge in [0.25, 0.3) is 5.91 Å². The quantitative estimate of drug-likeness (QED) is 0.399. The van der Waals surface area contributed by atoms with E-state index >= 15 is 0 Å². The first-order chi connectivity index (χ1) is 17.5. The average Bonchev–Trinajstić information content (AvgIpc) is 3.34. The minimum absolute atomic E-state index is 0.0649. The molecule has 3 rings (SSSR count). The fraction of sp³-hybridized carbons (Fsp3) is 0.483. The van der Waals surface area contributed by atoms with Crippen LogP contribution in [0.5, 0.6) is 17.2 Å². The van der Waals surface area contributed by atoms with Gasteiger partial charge in [0.1, 0.15) is 0 Å². The van der Waals surface area contributed by atoms with E-state index in [4.69, 9.17) is 18.9 Å². The van der Waals surface area contributed by atoms with Gasteiger partial charge in [0.15, 0.2) is 11.5 Å². The summed E-state index contributed by atoms with van der Waals surface area (Å²) in [4.78, 5) is 18.2. The number of hydrogen-bond donors (Lipinski definition) is 0. The van der Waals surface area contributed by atoms with Gasteiger partial charge in [-0.2, -0.15) is 0 Å². The lowest BCUT2D eigenvalue weighted by Gasteiger charge is -2.27. The zero-order valence-corrected chi connectivity index (χ0v) is 22.3. The molecule has 1 fully saturated rings. The average molecular weight is 497 g/mol. The van der Waals surface area contributed by atoms with Gasteiger partial charge in [0.2, 0.25) is 5.75 Å². The molecule has 2 aromatic carbocycles. The molecule has 0 radical (unpaired) electrons. The monoisotopic (exact) mass is 496 g/mol. The molecule has 1 aliphatic heterocycles. The fourth-order valence-corrected chi connectivity index (χ4v) is 4.86. The number of hydrogen-bond acceptors (Lipinski definition) is 6. The van der Waals surface area contributed by atoms with Crippen molar-refractivity contribution in [2.24, 2.45) is 0 Å². The second kappa shape index (κ2) is 13.9. The largest absolute Gasteiger partial charge is 0.493 e. The summed E-state index contributed by atoms with van der Waals surface area (Å²) < 4.78 is 21.8. The molecule has 0 bridgehead atoms. The van der Waals surface area contributed by atoms with E-state index in [1.165, 1.54) is 12.8 Å². The number of likely N-dealkylation sites (tertiary alicyclic amines) is 1. The van der Waals surface area contributed by atoms with E-state index in [1.807, 2.05) is 23.1 Å². The van der Waals surface area contributed by atoms with Crippen molar-refractivity contribution < 1.29 is 23.7 Å². The maximum Gasteiger partial charge on any atom is 0.254 e. The molecular weight excluding hydrogens is 456 g/mol. The summed E-state index contributed by atoms with van der Waals surface area (Å²) in [6.45, 7) is 6.03. The lowest BCUT2D eigenvalue weighted by molar-refractivity contribution is 0.0752. The Morgan fingerprint density at radius 3 is 2.36 bits per heavy atom. The SMILES string of the molecule is COC[C@@H]1CCCN1CCCN(C/C(C)=C/c1ccccc1)C(=O)c1cc(OC)c(OC)c(OC)c1. The second-order valence-corrected chi connectivity index (χ2v) is 9.18. The third-order valence-corrected chi connectivity index (χ3v) is 6.58. The van der Waals surface area contributed by atoms with Crippen LogP contribution in [0.1, 0.15) is 42.1 Å². The van der Waals surface area contributed by atoms with Gasteiger partial charge >= 0.3 is 0 Å². The minimum atomic E-state index is -0.0649. The van der Waals surface area contributed by atoms with Gasteiger partial charge in [-0.3, -0.25) is 9.69 Å². The number of carbonyl (C=O) groups excluding carboxylic acids is 1.